The van der Waals surface area contributed by atoms with Gasteiger partial charge in [-0.3, -0.25) is 9.69 Å². The van der Waals surface area contributed by atoms with Crippen molar-refractivity contribution in [3.05, 3.63) is 0 Å². The number of carbonyl (C=O) groups is 3. The Morgan fingerprint density at radius 3 is 2.68 bits per heavy atom. The minimum atomic E-state index is -1.01. The third-order valence-corrected chi connectivity index (χ3v) is 4.69. The molecule has 3 amide bonds. The zero-order valence-electron chi connectivity index (χ0n) is 10.8. The van der Waals surface area contributed by atoms with Crippen molar-refractivity contribution in [2.75, 3.05) is 19.3 Å². The lowest BCUT2D eigenvalue weighted by atomic mass is 10.2. The van der Waals surface area contributed by atoms with Crippen molar-refractivity contribution < 1.29 is 19.5 Å². The van der Waals surface area contributed by atoms with Crippen LogP contribution in [0.1, 0.15) is 13.3 Å². The maximum Gasteiger partial charge on any atom is 0.327 e. The van der Waals surface area contributed by atoms with Gasteiger partial charge >= 0.3 is 12.0 Å². The second-order valence-corrected chi connectivity index (χ2v) is 6.09. The molecule has 0 saturated carbocycles. The molecule has 0 radical (unpaired) electrons. The van der Waals surface area contributed by atoms with Gasteiger partial charge < -0.3 is 15.3 Å². The summed E-state index contributed by atoms with van der Waals surface area (Å²) in [6.45, 7) is 2.40. The summed E-state index contributed by atoms with van der Waals surface area (Å²) in [5.74, 6) is -0.760. The fraction of sp³-hybridized carbons (Fsp3) is 0.727. The van der Waals surface area contributed by atoms with Crippen molar-refractivity contribution in [1.82, 2.24) is 15.1 Å². The topological polar surface area (TPSA) is 89.9 Å². The highest BCUT2D eigenvalue weighted by Crippen LogP contribution is 2.29. The fourth-order valence-electron chi connectivity index (χ4n) is 2.32. The molecule has 0 aromatic heterocycles. The Hall–Kier alpha value is -1.44. The van der Waals surface area contributed by atoms with Crippen LogP contribution < -0.4 is 5.32 Å². The third-order valence-electron chi connectivity index (χ3n) is 3.47. The number of carbonyl (C=O) groups excluding carboxylic acids is 2. The van der Waals surface area contributed by atoms with Gasteiger partial charge in [-0.1, -0.05) is 0 Å². The molecule has 2 rings (SSSR count). The lowest BCUT2D eigenvalue weighted by Gasteiger charge is -2.26. The summed E-state index contributed by atoms with van der Waals surface area (Å²) in [7, 11) is 1.68. The quantitative estimate of drug-likeness (QED) is 0.732. The molecule has 0 aliphatic carbocycles. The zero-order valence-corrected chi connectivity index (χ0v) is 11.6. The van der Waals surface area contributed by atoms with Gasteiger partial charge in [0.2, 0.25) is 5.91 Å². The first-order valence-corrected chi connectivity index (χ1v) is 7.15. The Bertz CT molecular complexity index is 417. The summed E-state index contributed by atoms with van der Waals surface area (Å²) in [6.07, 6.45) is 0.564. The minimum absolute atomic E-state index is 0.125. The lowest BCUT2D eigenvalue weighted by molar-refractivity contribution is -0.141. The highest BCUT2D eigenvalue weighted by Gasteiger charge is 2.41. The lowest BCUT2D eigenvalue weighted by Crippen LogP contribution is -2.53. The standard InChI is InChI=1S/C11H17N3O4S/c1-6-14(8(5-19-6)10(16)17)11(18)12-7-3-4-13(2)9(7)15/h6-8H,3-5H2,1-2H3,(H,12,18)(H,16,17). The largest absolute Gasteiger partial charge is 0.480 e. The molecule has 2 N–H and O–H groups in total. The Balaban J connectivity index is 2.02. The van der Waals surface area contributed by atoms with E-state index in [1.165, 1.54) is 16.7 Å². The van der Waals surface area contributed by atoms with E-state index in [2.05, 4.69) is 5.32 Å². The van der Waals surface area contributed by atoms with Crippen LogP contribution in [0.5, 0.6) is 0 Å². The number of carboxylic acid groups (broad SMARTS) is 1. The molecule has 3 unspecified atom stereocenters. The number of nitrogens with one attached hydrogen (secondary N) is 1. The van der Waals surface area contributed by atoms with Crippen molar-refractivity contribution in [3.8, 4) is 0 Å². The Morgan fingerprint density at radius 1 is 1.47 bits per heavy atom. The van der Waals surface area contributed by atoms with Gasteiger partial charge in [0, 0.05) is 19.3 Å². The summed E-state index contributed by atoms with van der Waals surface area (Å²) < 4.78 is 0. The zero-order chi connectivity index (χ0) is 14.2. The summed E-state index contributed by atoms with van der Waals surface area (Å²) in [5, 5.41) is 11.5. The van der Waals surface area contributed by atoms with Crippen LogP contribution in [0.3, 0.4) is 0 Å². The number of hydrogen-bond donors (Lipinski definition) is 2. The highest BCUT2D eigenvalue weighted by atomic mass is 32.2. The summed E-state index contributed by atoms with van der Waals surface area (Å²) in [6, 6.07) is -1.84. The third kappa shape index (κ3) is 2.63. The van der Waals surface area contributed by atoms with E-state index in [1.807, 2.05) is 0 Å². The number of rotatable bonds is 2. The van der Waals surface area contributed by atoms with E-state index < -0.39 is 24.1 Å². The average molecular weight is 287 g/mol. The molecule has 19 heavy (non-hydrogen) atoms. The van der Waals surface area contributed by atoms with E-state index in [9.17, 15) is 14.4 Å². The number of thioether (sulfide) groups is 1. The molecule has 7 nitrogen and oxygen atoms in total. The van der Waals surface area contributed by atoms with Crippen LogP contribution in [-0.4, -0.2) is 69.6 Å². The Kier molecular flexibility index (Phi) is 3.88. The first-order valence-electron chi connectivity index (χ1n) is 6.10. The number of likely N-dealkylation sites (N-methyl/N-ethyl adjacent to an activating group) is 1. The normalized spacial score (nSPS) is 30.8. The maximum absolute atomic E-state index is 12.1. The van der Waals surface area contributed by atoms with E-state index in [-0.39, 0.29) is 11.3 Å². The molecule has 2 aliphatic rings. The molecule has 3 atom stereocenters. The predicted molar refractivity (Wildman–Crippen MR) is 69.8 cm³/mol. The number of likely N-dealkylation sites (tertiary alicyclic amines) is 1. The van der Waals surface area contributed by atoms with E-state index in [4.69, 9.17) is 5.11 Å². The monoisotopic (exact) mass is 287 g/mol. The second kappa shape index (κ2) is 5.28. The Labute approximate surface area is 115 Å². The molecule has 0 aromatic carbocycles. The van der Waals surface area contributed by atoms with E-state index in [0.717, 1.165) is 0 Å². The second-order valence-electron chi connectivity index (χ2n) is 4.74. The maximum atomic E-state index is 12.1. The van der Waals surface area contributed by atoms with Crippen LogP contribution in [-0.2, 0) is 9.59 Å². The average Bonchev–Trinajstić information content (AvgIpc) is 2.87. The molecule has 0 spiro atoms. The molecular formula is C11H17N3O4S. The summed E-state index contributed by atoms with van der Waals surface area (Å²) >= 11 is 1.42. The fourth-order valence-corrected chi connectivity index (χ4v) is 3.49. The molecule has 0 aromatic rings. The molecule has 8 heteroatoms. The van der Waals surface area contributed by atoms with E-state index in [1.54, 1.807) is 18.9 Å². The number of nitrogens with zero attached hydrogens (tertiary/aromatic N) is 2. The van der Waals surface area contributed by atoms with Gasteiger partial charge in [0.05, 0.1) is 5.37 Å². The summed E-state index contributed by atoms with van der Waals surface area (Å²) in [5.41, 5.74) is 0. The molecule has 2 heterocycles. The van der Waals surface area contributed by atoms with Crippen LogP contribution in [0.25, 0.3) is 0 Å². The van der Waals surface area contributed by atoms with E-state index in [0.29, 0.717) is 18.7 Å². The van der Waals surface area contributed by atoms with Gasteiger partial charge in [-0.2, -0.15) is 0 Å². The molecule has 106 valence electrons. The number of urea groups is 1. The Morgan fingerprint density at radius 2 is 2.16 bits per heavy atom. The van der Waals surface area contributed by atoms with Gasteiger partial charge in [-0.05, 0) is 13.3 Å². The van der Waals surface area contributed by atoms with Gasteiger partial charge in [0.1, 0.15) is 12.1 Å². The smallest absolute Gasteiger partial charge is 0.327 e. The van der Waals surface area contributed by atoms with Gasteiger partial charge in [0.25, 0.3) is 0 Å². The first kappa shape index (κ1) is 14.0. The van der Waals surface area contributed by atoms with Crippen molar-refractivity contribution in [1.29, 1.82) is 0 Å². The SMILES string of the molecule is CC1SCC(C(=O)O)N1C(=O)NC1CCN(C)C1=O. The minimum Gasteiger partial charge on any atom is -0.480 e. The number of carboxylic acids is 1. The molecule has 2 aliphatic heterocycles. The molecule has 2 fully saturated rings. The molecular weight excluding hydrogens is 270 g/mol. The van der Waals surface area contributed by atoms with Gasteiger partial charge in [0.15, 0.2) is 0 Å². The predicted octanol–water partition coefficient (Wildman–Crippen LogP) is -0.225. The van der Waals surface area contributed by atoms with Crippen molar-refractivity contribution in [2.24, 2.45) is 0 Å². The van der Waals surface area contributed by atoms with Gasteiger partial charge in [-0.15, -0.1) is 11.8 Å². The summed E-state index contributed by atoms with van der Waals surface area (Å²) in [4.78, 5) is 37.8. The van der Waals surface area contributed by atoms with Crippen LogP contribution >= 0.6 is 11.8 Å². The van der Waals surface area contributed by atoms with E-state index >= 15 is 0 Å². The molecule has 0 bridgehead atoms. The molecule has 2 saturated heterocycles. The van der Waals surface area contributed by atoms with Crippen molar-refractivity contribution >= 4 is 29.7 Å². The van der Waals surface area contributed by atoms with Crippen molar-refractivity contribution in [2.45, 2.75) is 30.8 Å². The van der Waals surface area contributed by atoms with Gasteiger partial charge in [-0.25, -0.2) is 9.59 Å². The van der Waals surface area contributed by atoms with Crippen LogP contribution in [0, 0.1) is 0 Å². The number of hydrogen-bond acceptors (Lipinski definition) is 4. The number of amides is 3. The van der Waals surface area contributed by atoms with Crippen LogP contribution in [0.15, 0.2) is 0 Å². The number of aliphatic carboxylic acids is 1. The van der Waals surface area contributed by atoms with Crippen LogP contribution in [0.2, 0.25) is 0 Å². The van der Waals surface area contributed by atoms with Crippen molar-refractivity contribution in [3.63, 3.8) is 0 Å². The van der Waals surface area contributed by atoms with Crippen LogP contribution in [0.4, 0.5) is 4.79 Å². The highest BCUT2D eigenvalue weighted by molar-refractivity contribution is 8.00. The first-order chi connectivity index (χ1) is 8.91.